The Kier molecular flexibility index (Phi) is 10.6. The highest BCUT2D eigenvalue weighted by atomic mass is 16.5. The molecule has 0 unspecified atom stereocenters. The van der Waals surface area contributed by atoms with Crippen LogP contribution in [0.1, 0.15) is 85.7 Å². The molecule has 1 saturated carbocycles. The van der Waals surface area contributed by atoms with E-state index in [2.05, 4.69) is 28.1 Å². The molecule has 2 aliphatic carbocycles. The van der Waals surface area contributed by atoms with Gasteiger partial charge < -0.3 is 25.6 Å². The summed E-state index contributed by atoms with van der Waals surface area (Å²) in [6, 6.07) is 22.4. The van der Waals surface area contributed by atoms with Crippen molar-refractivity contribution in [2.45, 2.75) is 102 Å². The molecule has 4 atom stereocenters. The van der Waals surface area contributed by atoms with Crippen molar-refractivity contribution < 1.29 is 19.1 Å². The number of rotatable bonds is 10. The fourth-order valence-electron chi connectivity index (χ4n) is 7.47. The highest BCUT2D eigenvalue weighted by Gasteiger charge is 2.42. The third-order valence-electron chi connectivity index (χ3n) is 10.3. The maximum Gasteiger partial charge on any atom is 0.246 e. The van der Waals surface area contributed by atoms with Crippen molar-refractivity contribution in [3.63, 3.8) is 0 Å². The molecular formula is C39H48N4O4. The van der Waals surface area contributed by atoms with Crippen LogP contribution in [0.5, 0.6) is 5.75 Å². The number of aryl methyl sites for hydroxylation is 1. The normalized spacial score (nSPS) is 20.7. The van der Waals surface area contributed by atoms with Gasteiger partial charge in [0.15, 0.2) is 0 Å². The number of carbonyl (C=O) groups excluding carboxylic acids is 3. The van der Waals surface area contributed by atoms with E-state index in [0.29, 0.717) is 13.0 Å². The zero-order chi connectivity index (χ0) is 32.8. The zero-order valence-corrected chi connectivity index (χ0v) is 27.7. The van der Waals surface area contributed by atoms with E-state index < -0.39 is 18.1 Å². The summed E-state index contributed by atoms with van der Waals surface area (Å²) in [5.41, 5.74) is 5.51. The summed E-state index contributed by atoms with van der Waals surface area (Å²) < 4.78 is 6.15. The molecule has 8 nitrogen and oxygen atoms in total. The topological polar surface area (TPSA) is 99.8 Å². The van der Waals surface area contributed by atoms with Crippen molar-refractivity contribution in [2.75, 3.05) is 7.05 Å². The smallest absolute Gasteiger partial charge is 0.246 e. The van der Waals surface area contributed by atoms with E-state index in [0.717, 1.165) is 79.4 Å². The predicted octanol–water partition coefficient (Wildman–Crippen LogP) is 5.39. The number of hydrogen-bond acceptors (Lipinski definition) is 5. The lowest BCUT2D eigenvalue weighted by atomic mass is 9.82. The van der Waals surface area contributed by atoms with Crippen molar-refractivity contribution in [3.05, 3.63) is 101 Å². The van der Waals surface area contributed by atoms with Crippen molar-refractivity contribution in [3.8, 4) is 5.75 Å². The number of carbonyl (C=O) groups is 3. The molecule has 3 N–H and O–H groups in total. The SMILES string of the molecule is CN[C@@H](C)C(=O)N[C@H](C(=O)N1Cc2cc(OCc3ccccc3)ccc2C[C@@H]1C(=O)N[C@H]1CCCc2ccccc21)C1CCCCC1. The van der Waals surface area contributed by atoms with Crippen LogP contribution in [0.3, 0.4) is 0 Å². The first-order valence-electron chi connectivity index (χ1n) is 17.4. The number of amides is 3. The van der Waals surface area contributed by atoms with Gasteiger partial charge in [0, 0.05) is 13.0 Å². The second-order valence-corrected chi connectivity index (χ2v) is 13.4. The van der Waals surface area contributed by atoms with Crippen molar-refractivity contribution in [1.82, 2.24) is 20.9 Å². The molecule has 3 aliphatic rings. The maximum absolute atomic E-state index is 14.7. The Morgan fingerprint density at radius 1 is 0.872 bits per heavy atom. The van der Waals surface area contributed by atoms with Crippen LogP contribution in [0.15, 0.2) is 72.8 Å². The molecule has 0 spiro atoms. The minimum absolute atomic E-state index is 0.0279. The van der Waals surface area contributed by atoms with E-state index in [9.17, 15) is 14.4 Å². The lowest BCUT2D eigenvalue weighted by molar-refractivity contribution is -0.146. The monoisotopic (exact) mass is 636 g/mol. The van der Waals surface area contributed by atoms with E-state index in [-0.39, 0.29) is 36.2 Å². The van der Waals surface area contributed by atoms with Crippen LogP contribution in [-0.4, -0.2) is 47.8 Å². The number of fused-ring (bicyclic) bond motifs is 2. The maximum atomic E-state index is 14.7. The molecule has 6 rings (SSSR count). The Morgan fingerprint density at radius 3 is 2.43 bits per heavy atom. The van der Waals surface area contributed by atoms with E-state index in [4.69, 9.17) is 4.74 Å². The van der Waals surface area contributed by atoms with Gasteiger partial charge in [-0.2, -0.15) is 0 Å². The Hall–Kier alpha value is -4.17. The lowest BCUT2D eigenvalue weighted by Crippen LogP contribution is -2.60. The molecular weight excluding hydrogens is 588 g/mol. The molecule has 1 heterocycles. The average Bonchev–Trinajstić information content (AvgIpc) is 3.12. The van der Waals surface area contributed by atoms with Gasteiger partial charge in [-0.05, 0) is 91.9 Å². The van der Waals surface area contributed by atoms with Crippen molar-refractivity contribution >= 4 is 17.7 Å². The van der Waals surface area contributed by atoms with E-state index in [1.807, 2.05) is 60.7 Å². The quantitative estimate of drug-likeness (QED) is 0.277. The Balaban J connectivity index is 1.29. The average molecular weight is 637 g/mol. The van der Waals surface area contributed by atoms with Crippen LogP contribution in [-0.2, 0) is 40.4 Å². The number of benzene rings is 3. The first-order valence-corrected chi connectivity index (χ1v) is 17.4. The van der Waals surface area contributed by atoms with Crippen molar-refractivity contribution in [1.29, 1.82) is 0 Å². The van der Waals surface area contributed by atoms with Crippen LogP contribution in [0.2, 0.25) is 0 Å². The van der Waals surface area contributed by atoms with Gasteiger partial charge in [-0.1, -0.05) is 79.9 Å². The summed E-state index contributed by atoms with van der Waals surface area (Å²) in [6.07, 6.45) is 8.22. The van der Waals surface area contributed by atoms with Gasteiger partial charge in [0.1, 0.15) is 24.4 Å². The second-order valence-electron chi connectivity index (χ2n) is 13.4. The third kappa shape index (κ3) is 7.70. The molecule has 0 aromatic heterocycles. The fourth-order valence-corrected chi connectivity index (χ4v) is 7.47. The Bertz CT molecular complexity index is 1550. The first kappa shape index (κ1) is 32.8. The highest BCUT2D eigenvalue weighted by Crippen LogP contribution is 2.34. The number of likely N-dealkylation sites (N-methyl/N-ethyl adjacent to an activating group) is 1. The van der Waals surface area contributed by atoms with Gasteiger partial charge in [-0.15, -0.1) is 0 Å². The van der Waals surface area contributed by atoms with E-state index >= 15 is 0 Å². The van der Waals surface area contributed by atoms with Gasteiger partial charge in [0.25, 0.3) is 0 Å². The van der Waals surface area contributed by atoms with Crippen LogP contribution in [0.4, 0.5) is 0 Å². The van der Waals surface area contributed by atoms with E-state index in [1.54, 1.807) is 18.9 Å². The molecule has 1 aliphatic heterocycles. The minimum Gasteiger partial charge on any atom is -0.489 e. The Labute approximate surface area is 278 Å². The molecule has 8 heteroatoms. The predicted molar refractivity (Wildman–Crippen MR) is 183 cm³/mol. The standard InChI is InChI=1S/C39H48N4O4/c1-26(40-2)37(44)42-36(29-15-7-4-8-16-29)39(46)43-24-31-22-32(47-25-27-12-5-3-6-13-27)21-20-30(31)23-35(43)38(45)41-34-19-11-17-28-14-9-10-18-33(28)34/h3,5-6,9-10,12-14,18,20-22,26,29,34-36,40H,4,7-8,11,15-17,19,23-25H2,1-2H3,(H,41,45)(H,42,44)/t26-,34-,35+,36-/m0/s1. The largest absolute Gasteiger partial charge is 0.489 e. The fraction of sp³-hybridized carbons (Fsp3) is 0.462. The van der Waals surface area contributed by atoms with Crippen molar-refractivity contribution in [2.24, 2.45) is 5.92 Å². The lowest BCUT2D eigenvalue weighted by Gasteiger charge is -2.41. The Morgan fingerprint density at radius 2 is 1.64 bits per heavy atom. The van der Waals surface area contributed by atoms with Gasteiger partial charge in [-0.25, -0.2) is 0 Å². The van der Waals surface area contributed by atoms with Gasteiger partial charge in [-0.3, -0.25) is 14.4 Å². The molecule has 1 fully saturated rings. The number of ether oxygens (including phenoxy) is 1. The molecule has 0 saturated heterocycles. The molecule has 3 amide bonds. The summed E-state index contributed by atoms with van der Waals surface area (Å²) in [5, 5.41) is 9.46. The van der Waals surface area contributed by atoms with Crippen LogP contribution >= 0.6 is 0 Å². The summed E-state index contributed by atoms with van der Waals surface area (Å²) in [6.45, 7) is 2.51. The number of hydrogen-bond donors (Lipinski definition) is 3. The number of nitrogens with one attached hydrogen (secondary N) is 3. The first-order chi connectivity index (χ1) is 22.9. The third-order valence-corrected chi connectivity index (χ3v) is 10.3. The zero-order valence-electron chi connectivity index (χ0n) is 27.7. The molecule has 0 bridgehead atoms. The van der Waals surface area contributed by atoms with E-state index in [1.165, 1.54) is 5.56 Å². The summed E-state index contributed by atoms with van der Waals surface area (Å²) in [4.78, 5) is 43.9. The van der Waals surface area contributed by atoms with Gasteiger partial charge in [0.05, 0.1) is 12.1 Å². The van der Waals surface area contributed by atoms with Crippen LogP contribution < -0.4 is 20.7 Å². The second kappa shape index (κ2) is 15.2. The molecule has 248 valence electrons. The van der Waals surface area contributed by atoms with Crippen LogP contribution in [0.25, 0.3) is 0 Å². The molecule has 3 aromatic rings. The molecule has 3 aromatic carbocycles. The summed E-state index contributed by atoms with van der Waals surface area (Å²) in [7, 11) is 1.74. The van der Waals surface area contributed by atoms with Gasteiger partial charge in [0.2, 0.25) is 17.7 Å². The highest BCUT2D eigenvalue weighted by molar-refractivity contribution is 5.94. The summed E-state index contributed by atoms with van der Waals surface area (Å²) >= 11 is 0. The molecule has 47 heavy (non-hydrogen) atoms. The molecule has 0 radical (unpaired) electrons. The van der Waals surface area contributed by atoms with Crippen LogP contribution in [0, 0.1) is 5.92 Å². The minimum atomic E-state index is -0.691. The summed E-state index contributed by atoms with van der Waals surface area (Å²) in [5.74, 6) is 0.221. The van der Waals surface area contributed by atoms with Gasteiger partial charge >= 0.3 is 0 Å². The number of nitrogens with zero attached hydrogens (tertiary/aromatic N) is 1.